The highest BCUT2D eigenvalue weighted by atomic mass is 14.6. The molecule has 0 amide bonds. The van der Waals surface area contributed by atoms with Crippen LogP contribution in [0.25, 0.3) is 12.4 Å². The zero-order valence-corrected chi connectivity index (χ0v) is 7.49. The first-order chi connectivity index (χ1) is 5.88. The standard InChI is InChI=1S/C7H9N3.C2H6/c8-3-6-1-2-10-5-7(6)4-9;1-2/h1-5H,8-9H2;1-2H3/b6-3-,7-4-;. The highest BCUT2D eigenvalue weighted by Crippen LogP contribution is 1.60. The van der Waals surface area contributed by atoms with Crippen molar-refractivity contribution in [3.05, 3.63) is 28.9 Å². The first kappa shape index (κ1) is 10.5. The van der Waals surface area contributed by atoms with E-state index in [2.05, 4.69) is 4.98 Å². The molecule has 1 aromatic heterocycles. The largest absolute Gasteiger partial charge is 0.404 e. The summed E-state index contributed by atoms with van der Waals surface area (Å²) in [7, 11) is 0. The second-order valence-electron chi connectivity index (χ2n) is 1.84. The molecule has 0 radical (unpaired) electrons. The number of pyridine rings is 1. The highest BCUT2D eigenvalue weighted by molar-refractivity contribution is 5.25. The molecular formula is C9H15N3. The molecule has 3 nitrogen and oxygen atoms in total. The van der Waals surface area contributed by atoms with E-state index in [1.54, 1.807) is 18.5 Å². The van der Waals surface area contributed by atoms with Gasteiger partial charge in [-0.25, -0.2) is 0 Å². The molecular weight excluding hydrogens is 150 g/mol. The van der Waals surface area contributed by atoms with Gasteiger partial charge in [0, 0.05) is 35.2 Å². The van der Waals surface area contributed by atoms with Gasteiger partial charge in [0.25, 0.3) is 0 Å². The molecule has 0 saturated heterocycles. The quantitative estimate of drug-likeness (QED) is 0.545. The zero-order valence-electron chi connectivity index (χ0n) is 7.49. The molecule has 0 bridgehead atoms. The lowest BCUT2D eigenvalue weighted by Crippen LogP contribution is -2.27. The van der Waals surface area contributed by atoms with Crippen LogP contribution in [0.3, 0.4) is 0 Å². The molecule has 12 heavy (non-hydrogen) atoms. The summed E-state index contributed by atoms with van der Waals surface area (Å²) >= 11 is 0. The molecule has 0 unspecified atom stereocenters. The summed E-state index contributed by atoms with van der Waals surface area (Å²) in [6.07, 6.45) is 6.32. The molecule has 0 aliphatic heterocycles. The van der Waals surface area contributed by atoms with E-state index in [1.165, 1.54) is 12.4 Å². The summed E-state index contributed by atoms with van der Waals surface area (Å²) in [5.74, 6) is 0. The van der Waals surface area contributed by atoms with Crippen molar-refractivity contribution in [2.24, 2.45) is 11.5 Å². The van der Waals surface area contributed by atoms with Crippen LogP contribution >= 0.6 is 0 Å². The van der Waals surface area contributed by atoms with Crippen molar-refractivity contribution in [3.63, 3.8) is 0 Å². The molecule has 0 saturated carbocycles. The van der Waals surface area contributed by atoms with Crippen LogP contribution in [0.4, 0.5) is 0 Å². The summed E-state index contributed by atoms with van der Waals surface area (Å²) in [6.45, 7) is 4.00. The minimum atomic E-state index is 0.852. The fourth-order valence-corrected chi connectivity index (χ4v) is 0.708. The maximum Gasteiger partial charge on any atom is 0.0361 e. The fourth-order valence-electron chi connectivity index (χ4n) is 0.708. The maximum atomic E-state index is 5.30. The van der Waals surface area contributed by atoms with E-state index in [0.717, 1.165) is 10.4 Å². The Balaban J connectivity index is 0.000000561. The first-order valence-electron chi connectivity index (χ1n) is 3.92. The van der Waals surface area contributed by atoms with E-state index in [9.17, 15) is 0 Å². The van der Waals surface area contributed by atoms with Crippen LogP contribution in [-0.2, 0) is 0 Å². The van der Waals surface area contributed by atoms with Gasteiger partial charge in [-0.2, -0.15) is 0 Å². The van der Waals surface area contributed by atoms with Crippen LogP contribution in [0.2, 0.25) is 0 Å². The predicted octanol–water partition coefficient (Wildman–Crippen LogP) is -0.499. The molecule has 0 spiro atoms. The number of nitrogens with zero attached hydrogens (tertiary/aromatic N) is 1. The number of hydrogen-bond acceptors (Lipinski definition) is 3. The molecule has 3 heteroatoms. The van der Waals surface area contributed by atoms with Gasteiger partial charge in [0.2, 0.25) is 0 Å². The number of hydrogen-bond donors (Lipinski definition) is 2. The highest BCUT2D eigenvalue weighted by Gasteiger charge is 1.79. The van der Waals surface area contributed by atoms with E-state index in [1.807, 2.05) is 13.8 Å². The smallest absolute Gasteiger partial charge is 0.0361 e. The van der Waals surface area contributed by atoms with Crippen LogP contribution in [0.1, 0.15) is 13.8 Å². The topological polar surface area (TPSA) is 64.9 Å². The molecule has 0 aliphatic rings. The maximum absolute atomic E-state index is 5.30. The number of nitrogens with two attached hydrogens (primary N) is 2. The first-order valence-corrected chi connectivity index (χ1v) is 3.92. The van der Waals surface area contributed by atoms with Gasteiger partial charge in [-0.05, 0) is 6.07 Å². The van der Waals surface area contributed by atoms with Crippen molar-refractivity contribution in [2.45, 2.75) is 13.8 Å². The second-order valence-corrected chi connectivity index (χ2v) is 1.84. The van der Waals surface area contributed by atoms with Gasteiger partial charge in [-0.15, -0.1) is 0 Å². The van der Waals surface area contributed by atoms with E-state index in [4.69, 9.17) is 11.5 Å². The Morgan fingerprint density at radius 1 is 1.17 bits per heavy atom. The van der Waals surface area contributed by atoms with E-state index in [0.29, 0.717) is 0 Å². The summed E-state index contributed by atoms with van der Waals surface area (Å²) in [5.41, 5.74) is 10.6. The van der Waals surface area contributed by atoms with Gasteiger partial charge in [-0.3, -0.25) is 4.98 Å². The fraction of sp³-hybridized carbons (Fsp3) is 0.222. The van der Waals surface area contributed by atoms with Crippen LogP contribution in [0.15, 0.2) is 18.5 Å². The van der Waals surface area contributed by atoms with Crippen LogP contribution in [0.5, 0.6) is 0 Å². The monoisotopic (exact) mass is 165 g/mol. The lowest BCUT2D eigenvalue weighted by Gasteiger charge is -1.84. The molecule has 1 aromatic rings. The van der Waals surface area contributed by atoms with Gasteiger partial charge in [-0.1, -0.05) is 13.8 Å². The third-order valence-electron chi connectivity index (χ3n) is 1.25. The molecule has 66 valence electrons. The molecule has 0 aliphatic carbocycles. The normalized spacial score (nSPS) is 12.2. The Hall–Kier alpha value is -1.51. The van der Waals surface area contributed by atoms with Crippen molar-refractivity contribution in [1.29, 1.82) is 0 Å². The molecule has 1 heterocycles. The van der Waals surface area contributed by atoms with Gasteiger partial charge in [0.05, 0.1) is 0 Å². The summed E-state index contributed by atoms with van der Waals surface area (Å²) in [5, 5.41) is 1.75. The van der Waals surface area contributed by atoms with Crippen molar-refractivity contribution in [2.75, 3.05) is 0 Å². The summed E-state index contributed by atoms with van der Waals surface area (Å²) < 4.78 is 0. The third-order valence-corrected chi connectivity index (χ3v) is 1.25. The zero-order chi connectivity index (χ0) is 9.40. The molecule has 0 atom stereocenters. The van der Waals surface area contributed by atoms with Crippen molar-refractivity contribution in [3.8, 4) is 0 Å². The van der Waals surface area contributed by atoms with E-state index in [-0.39, 0.29) is 0 Å². The predicted molar refractivity (Wildman–Crippen MR) is 52.1 cm³/mol. The molecule has 0 aromatic carbocycles. The molecule has 0 fully saturated rings. The Morgan fingerprint density at radius 2 is 1.75 bits per heavy atom. The van der Waals surface area contributed by atoms with E-state index < -0.39 is 0 Å². The van der Waals surface area contributed by atoms with Crippen LogP contribution in [-0.4, -0.2) is 4.98 Å². The lowest BCUT2D eigenvalue weighted by molar-refractivity contribution is 1.26. The van der Waals surface area contributed by atoms with Crippen LogP contribution < -0.4 is 21.9 Å². The average molecular weight is 165 g/mol. The Kier molecular flexibility index (Phi) is 5.43. The van der Waals surface area contributed by atoms with Gasteiger partial charge in [0.15, 0.2) is 0 Å². The number of aromatic nitrogens is 1. The minimum Gasteiger partial charge on any atom is -0.404 e. The lowest BCUT2D eigenvalue weighted by atomic mass is 10.3. The Bertz CT molecular complexity index is 284. The van der Waals surface area contributed by atoms with Crippen LogP contribution in [0, 0.1) is 0 Å². The van der Waals surface area contributed by atoms with Gasteiger partial charge in [0.1, 0.15) is 0 Å². The second kappa shape index (κ2) is 6.22. The average Bonchev–Trinajstić information content (AvgIpc) is 2.20. The third kappa shape index (κ3) is 2.62. The summed E-state index contributed by atoms with van der Waals surface area (Å²) in [4.78, 5) is 3.88. The van der Waals surface area contributed by atoms with Crippen molar-refractivity contribution in [1.82, 2.24) is 4.98 Å². The Labute approximate surface area is 72.4 Å². The Morgan fingerprint density at radius 3 is 2.17 bits per heavy atom. The summed E-state index contributed by atoms with van der Waals surface area (Å²) in [6, 6.07) is 1.80. The molecule has 4 N–H and O–H groups in total. The SMILES string of the molecule is CC.N/C=c1/ccnc/c1=C/N. The molecule has 1 rings (SSSR count). The van der Waals surface area contributed by atoms with Crippen molar-refractivity contribution >= 4 is 12.4 Å². The van der Waals surface area contributed by atoms with E-state index >= 15 is 0 Å². The van der Waals surface area contributed by atoms with Crippen molar-refractivity contribution < 1.29 is 0 Å². The van der Waals surface area contributed by atoms with Gasteiger partial charge < -0.3 is 11.5 Å². The van der Waals surface area contributed by atoms with Gasteiger partial charge >= 0.3 is 0 Å². The number of rotatable bonds is 0. The minimum absolute atomic E-state index is 0.852.